The van der Waals surface area contributed by atoms with Crippen LogP contribution >= 0.6 is 11.6 Å². The smallest absolute Gasteiger partial charge is 0.324 e. The predicted molar refractivity (Wildman–Crippen MR) is 78.8 cm³/mol. The molecule has 1 aromatic carbocycles. The third kappa shape index (κ3) is 5.13. The van der Waals surface area contributed by atoms with Crippen LogP contribution in [-0.4, -0.2) is 32.0 Å². The van der Waals surface area contributed by atoms with Crippen LogP contribution in [0.5, 0.6) is 0 Å². The molecule has 5 nitrogen and oxygen atoms in total. The van der Waals surface area contributed by atoms with E-state index < -0.39 is 26.3 Å². The molecule has 0 saturated heterocycles. The lowest BCUT2D eigenvalue weighted by Crippen LogP contribution is -2.31. The Balaban J connectivity index is 2.87. The first-order chi connectivity index (χ1) is 9.89. The van der Waals surface area contributed by atoms with Gasteiger partial charge in [-0.05, 0) is 36.6 Å². The molecule has 7 heteroatoms. The van der Waals surface area contributed by atoms with Crippen LogP contribution in [0.25, 0.3) is 0 Å². The molecule has 0 amide bonds. The molecule has 21 heavy (non-hydrogen) atoms. The summed E-state index contributed by atoms with van der Waals surface area (Å²) in [7, 11) is -2.65. The van der Waals surface area contributed by atoms with Crippen molar-refractivity contribution in [3.8, 4) is 0 Å². The SMILES string of the molecule is COC(=O)C(CCCCC(=O)Cl)S(=O)(=O)c1ccccc1. The number of esters is 1. The monoisotopic (exact) mass is 332 g/mol. The largest absolute Gasteiger partial charge is 0.468 e. The first-order valence-corrected chi connectivity index (χ1v) is 8.37. The van der Waals surface area contributed by atoms with Crippen LogP contribution < -0.4 is 0 Å². The number of halogens is 1. The number of sulfone groups is 1. The molecule has 1 unspecified atom stereocenters. The van der Waals surface area contributed by atoms with Gasteiger partial charge >= 0.3 is 5.97 Å². The lowest BCUT2D eigenvalue weighted by molar-refractivity contribution is -0.140. The average Bonchev–Trinajstić information content (AvgIpc) is 2.46. The molecule has 0 aromatic heterocycles. The Hall–Kier alpha value is -1.40. The van der Waals surface area contributed by atoms with Gasteiger partial charge in [0.15, 0.2) is 15.1 Å². The van der Waals surface area contributed by atoms with Crippen LogP contribution in [-0.2, 0) is 24.2 Å². The highest BCUT2D eigenvalue weighted by molar-refractivity contribution is 7.92. The predicted octanol–water partition coefficient (Wildman–Crippen LogP) is 2.33. The highest BCUT2D eigenvalue weighted by atomic mass is 35.5. The lowest BCUT2D eigenvalue weighted by atomic mass is 10.1. The van der Waals surface area contributed by atoms with Crippen molar-refractivity contribution in [3.63, 3.8) is 0 Å². The summed E-state index contributed by atoms with van der Waals surface area (Å²) >= 11 is 5.22. The Morgan fingerprint density at radius 1 is 1.19 bits per heavy atom. The third-order valence-electron chi connectivity index (χ3n) is 3.00. The fraction of sp³-hybridized carbons (Fsp3) is 0.429. The van der Waals surface area contributed by atoms with Gasteiger partial charge in [-0.15, -0.1) is 0 Å². The van der Waals surface area contributed by atoms with Gasteiger partial charge in [0.1, 0.15) is 0 Å². The molecule has 0 fully saturated rings. The van der Waals surface area contributed by atoms with Crippen molar-refractivity contribution in [2.24, 2.45) is 0 Å². The zero-order valence-corrected chi connectivity index (χ0v) is 13.2. The van der Waals surface area contributed by atoms with E-state index in [1.807, 2.05) is 0 Å². The zero-order valence-electron chi connectivity index (χ0n) is 11.6. The fourth-order valence-corrected chi connectivity index (χ4v) is 3.72. The molecule has 1 aromatic rings. The molecule has 0 saturated carbocycles. The van der Waals surface area contributed by atoms with E-state index in [0.717, 1.165) is 7.11 Å². The van der Waals surface area contributed by atoms with Gasteiger partial charge in [0.05, 0.1) is 12.0 Å². The molecule has 1 atom stereocenters. The van der Waals surface area contributed by atoms with E-state index in [4.69, 9.17) is 11.6 Å². The van der Waals surface area contributed by atoms with E-state index in [1.165, 1.54) is 12.1 Å². The molecule has 0 bridgehead atoms. The third-order valence-corrected chi connectivity index (χ3v) is 5.30. The van der Waals surface area contributed by atoms with Gasteiger partial charge in [-0.25, -0.2) is 8.42 Å². The molecular formula is C14H17ClO5S. The summed E-state index contributed by atoms with van der Waals surface area (Å²) in [4.78, 5) is 22.5. The molecule has 0 spiro atoms. The van der Waals surface area contributed by atoms with Gasteiger partial charge in [-0.2, -0.15) is 0 Å². The lowest BCUT2D eigenvalue weighted by Gasteiger charge is -2.15. The molecule has 0 N–H and O–H groups in total. The van der Waals surface area contributed by atoms with E-state index in [1.54, 1.807) is 18.2 Å². The van der Waals surface area contributed by atoms with Gasteiger partial charge in [0, 0.05) is 6.42 Å². The van der Waals surface area contributed by atoms with Crippen molar-refractivity contribution in [1.82, 2.24) is 0 Å². The summed E-state index contributed by atoms with van der Waals surface area (Å²) in [6, 6.07) is 7.75. The Bertz CT molecular complexity index is 583. The number of ether oxygens (including phenoxy) is 1. The van der Waals surface area contributed by atoms with Gasteiger partial charge in [0.2, 0.25) is 5.24 Å². The van der Waals surface area contributed by atoms with Crippen molar-refractivity contribution >= 4 is 32.6 Å². The number of benzene rings is 1. The fourth-order valence-electron chi connectivity index (χ4n) is 1.90. The maximum Gasteiger partial charge on any atom is 0.324 e. The Morgan fingerprint density at radius 2 is 1.81 bits per heavy atom. The van der Waals surface area contributed by atoms with Gasteiger partial charge < -0.3 is 4.74 Å². The molecule has 0 radical (unpaired) electrons. The molecular weight excluding hydrogens is 316 g/mol. The first-order valence-electron chi connectivity index (χ1n) is 6.44. The van der Waals surface area contributed by atoms with Crippen molar-refractivity contribution < 1.29 is 22.7 Å². The van der Waals surface area contributed by atoms with Crippen LogP contribution in [0.3, 0.4) is 0 Å². The Morgan fingerprint density at radius 3 is 2.33 bits per heavy atom. The number of carbonyl (C=O) groups is 2. The van der Waals surface area contributed by atoms with E-state index in [-0.39, 0.29) is 17.7 Å². The molecule has 1 rings (SSSR count). The van der Waals surface area contributed by atoms with Crippen molar-refractivity contribution in [3.05, 3.63) is 30.3 Å². The van der Waals surface area contributed by atoms with Crippen molar-refractivity contribution in [2.75, 3.05) is 7.11 Å². The highest BCUT2D eigenvalue weighted by Gasteiger charge is 2.34. The number of carbonyl (C=O) groups excluding carboxylic acids is 2. The summed E-state index contributed by atoms with van der Waals surface area (Å²) in [5.41, 5.74) is 0. The first kappa shape index (κ1) is 17.7. The molecule has 0 aliphatic heterocycles. The molecule has 0 aliphatic carbocycles. The quantitative estimate of drug-likeness (QED) is 0.415. The highest BCUT2D eigenvalue weighted by Crippen LogP contribution is 2.21. The number of rotatable bonds is 8. The molecule has 0 aliphatic rings. The van der Waals surface area contributed by atoms with Gasteiger partial charge in [-0.1, -0.05) is 24.6 Å². The van der Waals surface area contributed by atoms with E-state index in [0.29, 0.717) is 12.8 Å². The number of hydrogen-bond donors (Lipinski definition) is 0. The summed E-state index contributed by atoms with van der Waals surface area (Å²) in [6.45, 7) is 0. The molecule has 0 heterocycles. The number of methoxy groups -OCH3 is 1. The van der Waals surface area contributed by atoms with E-state index >= 15 is 0 Å². The topological polar surface area (TPSA) is 77.5 Å². The maximum absolute atomic E-state index is 12.5. The van der Waals surface area contributed by atoms with E-state index in [9.17, 15) is 18.0 Å². The van der Waals surface area contributed by atoms with Gasteiger partial charge in [-0.3, -0.25) is 9.59 Å². The van der Waals surface area contributed by atoms with Crippen LogP contribution in [0.4, 0.5) is 0 Å². The Labute approximate surface area is 129 Å². The van der Waals surface area contributed by atoms with E-state index in [2.05, 4.69) is 4.74 Å². The summed E-state index contributed by atoms with van der Waals surface area (Å²) in [5, 5.41) is -1.74. The second-order valence-electron chi connectivity index (χ2n) is 4.47. The standard InChI is InChI=1S/C14H17ClO5S/c1-20-14(17)12(9-5-6-10-13(15)16)21(18,19)11-7-3-2-4-8-11/h2-4,7-8,12H,5-6,9-10H2,1H3. The van der Waals surface area contributed by atoms with Crippen molar-refractivity contribution in [2.45, 2.75) is 35.8 Å². The summed E-state index contributed by atoms with van der Waals surface area (Å²) in [6.07, 6.45) is 1.07. The Kier molecular flexibility index (Phi) is 6.84. The number of hydrogen-bond acceptors (Lipinski definition) is 5. The maximum atomic E-state index is 12.5. The van der Waals surface area contributed by atoms with Crippen molar-refractivity contribution in [1.29, 1.82) is 0 Å². The minimum absolute atomic E-state index is 0.0776. The number of unbranched alkanes of at least 4 members (excludes halogenated alkanes) is 1. The van der Waals surface area contributed by atoms with Crippen LogP contribution in [0.2, 0.25) is 0 Å². The minimum Gasteiger partial charge on any atom is -0.468 e. The second kappa shape index (κ2) is 8.14. The van der Waals surface area contributed by atoms with Gasteiger partial charge in [0.25, 0.3) is 0 Å². The van der Waals surface area contributed by atoms with Crippen LogP contribution in [0, 0.1) is 0 Å². The second-order valence-corrected chi connectivity index (χ2v) is 7.02. The summed E-state index contributed by atoms with van der Waals surface area (Å²) in [5.74, 6) is -0.795. The van der Waals surface area contributed by atoms with Crippen LogP contribution in [0.15, 0.2) is 35.2 Å². The normalized spacial score (nSPS) is 12.7. The average molecular weight is 333 g/mol. The summed E-state index contributed by atoms with van der Waals surface area (Å²) < 4.78 is 29.5. The minimum atomic E-state index is -3.81. The zero-order chi connectivity index (χ0) is 15.9. The van der Waals surface area contributed by atoms with Crippen LogP contribution in [0.1, 0.15) is 25.7 Å². The molecule has 116 valence electrons.